The maximum Gasteiger partial charge on any atom is 0.429 e. The lowest BCUT2D eigenvalue weighted by Crippen LogP contribution is -2.24. The Morgan fingerprint density at radius 1 is 0.938 bits per heavy atom. The second kappa shape index (κ2) is 10.3. The van der Waals surface area contributed by atoms with Crippen LogP contribution in [-0.4, -0.2) is 0 Å². The zero-order chi connectivity index (χ0) is 23.3. The Bertz CT molecular complexity index is 954. The molecule has 1 aliphatic rings. The first-order valence-corrected chi connectivity index (χ1v) is 11.0. The lowest BCUT2D eigenvalue weighted by Gasteiger charge is -2.28. The summed E-state index contributed by atoms with van der Waals surface area (Å²) in [7, 11) is 0. The predicted molar refractivity (Wildman–Crippen MR) is 111 cm³/mol. The number of nitriles is 1. The van der Waals surface area contributed by atoms with Gasteiger partial charge in [0.05, 0.1) is 5.56 Å². The molecule has 7 heteroatoms. The van der Waals surface area contributed by atoms with E-state index in [1.54, 1.807) is 0 Å². The molecule has 0 heterocycles. The zero-order valence-corrected chi connectivity index (χ0v) is 17.9. The minimum Gasteiger partial charge on any atom is -0.429 e. The van der Waals surface area contributed by atoms with Crippen molar-refractivity contribution in [2.75, 3.05) is 0 Å². The molecule has 0 bridgehead atoms. The number of hydrogen-bond donors (Lipinski definition) is 0. The molecule has 0 N–H and O–H groups in total. The number of halogens is 5. The largest absolute Gasteiger partial charge is 0.429 e. The maximum atomic E-state index is 14.5. The average Bonchev–Trinajstić information content (AvgIpc) is 2.73. The number of ether oxygens (including phenoxy) is 1. The number of rotatable bonds is 8. The second-order valence-corrected chi connectivity index (χ2v) is 8.52. The van der Waals surface area contributed by atoms with Crippen molar-refractivity contribution in [3.05, 3.63) is 64.5 Å². The van der Waals surface area contributed by atoms with Crippen LogP contribution in [0, 0.1) is 40.6 Å². The van der Waals surface area contributed by atoms with Gasteiger partial charge < -0.3 is 4.74 Å². The Hall–Kier alpha value is -2.62. The maximum absolute atomic E-state index is 14.5. The number of nitrogens with zero attached hydrogens (tertiary/aromatic N) is 1. The van der Waals surface area contributed by atoms with Gasteiger partial charge in [-0.15, -0.1) is 0 Å². The van der Waals surface area contributed by atoms with Gasteiger partial charge in [-0.2, -0.15) is 14.0 Å². The second-order valence-electron chi connectivity index (χ2n) is 8.52. The van der Waals surface area contributed by atoms with Crippen LogP contribution in [0.15, 0.2) is 30.3 Å². The van der Waals surface area contributed by atoms with Gasteiger partial charge in [-0.05, 0) is 42.4 Å². The van der Waals surface area contributed by atoms with E-state index in [0.717, 1.165) is 37.3 Å². The Morgan fingerprint density at radius 2 is 1.53 bits per heavy atom. The highest BCUT2D eigenvalue weighted by Gasteiger charge is 2.38. The molecule has 0 unspecified atom stereocenters. The van der Waals surface area contributed by atoms with Crippen LogP contribution in [-0.2, 0) is 12.5 Å². The minimum absolute atomic E-state index is 0.469. The Balaban J connectivity index is 1.63. The van der Waals surface area contributed by atoms with E-state index in [2.05, 4.69) is 11.7 Å². The molecular formula is C25H26F5NO. The summed E-state index contributed by atoms with van der Waals surface area (Å²) in [6, 6.07) is 5.67. The fraction of sp³-hybridized carbons (Fsp3) is 0.480. The Morgan fingerprint density at radius 3 is 2.06 bits per heavy atom. The number of hydrogen-bond acceptors (Lipinski definition) is 2. The molecule has 0 aliphatic heterocycles. The van der Waals surface area contributed by atoms with Gasteiger partial charge in [0.15, 0.2) is 0 Å². The molecule has 2 aromatic rings. The summed E-state index contributed by atoms with van der Waals surface area (Å²) in [4.78, 5) is 0. The van der Waals surface area contributed by atoms with Crippen LogP contribution >= 0.6 is 0 Å². The molecule has 32 heavy (non-hydrogen) atoms. The number of aryl methyl sites for hydroxylation is 1. The minimum atomic E-state index is -4.15. The normalized spacial score (nSPS) is 18.9. The molecule has 0 spiro atoms. The summed E-state index contributed by atoms with van der Waals surface area (Å²) in [5.74, 6) is -3.29. The van der Waals surface area contributed by atoms with Crippen molar-refractivity contribution in [2.24, 2.45) is 11.8 Å². The molecule has 1 aliphatic carbocycles. The lowest BCUT2D eigenvalue weighted by molar-refractivity contribution is -0.187. The van der Waals surface area contributed by atoms with E-state index in [1.807, 2.05) is 0 Å². The molecule has 0 atom stereocenters. The third-order valence-electron chi connectivity index (χ3n) is 6.23. The molecular weight excluding hydrogens is 425 g/mol. The Labute approximate surface area is 185 Å². The number of alkyl halides is 2. The quantitative estimate of drug-likeness (QED) is 0.386. The third kappa shape index (κ3) is 5.79. The van der Waals surface area contributed by atoms with Crippen LogP contribution in [0.5, 0.6) is 5.75 Å². The molecule has 2 nitrogen and oxygen atoms in total. The van der Waals surface area contributed by atoms with Crippen molar-refractivity contribution in [1.82, 2.24) is 0 Å². The van der Waals surface area contributed by atoms with Gasteiger partial charge in [-0.25, -0.2) is 13.2 Å². The van der Waals surface area contributed by atoms with E-state index in [0.29, 0.717) is 30.0 Å². The first kappa shape index (κ1) is 24.0. The Kier molecular flexibility index (Phi) is 7.76. The molecule has 0 aromatic heterocycles. The smallest absolute Gasteiger partial charge is 0.429 e. The van der Waals surface area contributed by atoms with Gasteiger partial charge in [-0.1, -0.05) is 51.5 Å². The van der Waals surface area contributed by atoms with Crippen LogP contribution in [0.25, 0.3) is 0 Å². The molecule has 0 amide bonds. The topological polar surface area (TPSA) is 33.0 Å². The van der Waals surface area contributed by atoms with E-state index >= 15 is 0 Å². The lowest BCUT2D eigenvalue weighted by atomic mass is 9.78. The molecule has 1 saturated carbocycles. The van der Waals surface area contributed by atoms with Gasteiger partial charge in [0.1, 0.15) is 34.8 Å². The summed E-state index contributed by atoms with van der Waals surface area (Å²) in [5, 5.41) is 8.65. The highest BCUT2D eigenvalue weighted by Crippen LogP contribution is 2.36. The van der Waals surface area contributed by atoms with Crippen LogP contribution < -0.4 is 4.74 Å². The first-order valence-electron chi connectivity index (χ1n) is 11.0. The fourth-order valence-electron chi connectivity index (χ4n) is 4.46. The molecule has 0 radical (unpaired) electrons. The summed E-state index contributed by atoms with van der Waals surface area (Å²) < 4.78 is 75.2. The van der Waals surface area contributed by atoms with Crippen molar-refractivity contribution < 1.29 is 26.7 Å². The van der Waals surface area contributed by atoms with Crippen molar-refractivity contribution in [2.45, 2.75) is 64.4 Å². The van der Waals surface area contributed by atoms with Gasteiger partial charge in [0.2, 0.25) is 0 Å². The van der Waals surface area contributed by atoms with E-state index in [-0.39, 0.29) is 0 Å². The van der Waals surface area contributed by atoms with Gasteiger partial charge in [0, 0.05) is 12.1 Å². The molecule has 172 valence electrons. The van der Waals surface area contributed by atoms with Gasteiger partial charge in [-0.3, -0.25) is 0 Å². The summed E-state index contributed by atoms with van der Waals surface area (Å²) in [5.41, 5.74) is -1.31. The molecule has 3 rings (SSSR count). The predicted octanol–water partition coefficient (Wildman–Crippen LogP) is 7.64. The van der Waals surface area contributed by atoms with Crippen molar-refractivity contribution in [3.8, 4) is 11.8 Å². The van der Waals surface area contributed by atoms with Crippen LogP contribution in [0.2, 0.25) is 0 Å². The van der Waals surface area contributed by atoms with Gasteiger partial charge in [0.25, 0.3) is 0 Å². The fourth-order valence-corrected chi connectivity index (χ4v) is 4.46. The van der Waals surface area contributed by atoms with Crippen molar-refractivity contribution >= 4 is 0 Å². The SMILES string of the molecule is CCC[C@H]1CC[C@H](CCc2ccc(C(F)(F)Oc3cc(F)c(C#N)c(F)c3)c(F)c2)CC1. The van der Waals surface area contributed by atoms with Crippen LogP contribution in [0.1, 0.15) is 68.6 Å². The summed E-state index contributed by atoms with van der Waals surface area (Å²) >= 11 is 0. The monoisotopic (exact) mass is 451 g/mol. The summed E-state index contributed by atoms with van der Waals surface area (Å²) in [6.07, 6.45) is 4.52. The standard InChI is InChI=1S/C25H26F5NO/c1-2-3-16-4-6-17(7-5-16)8-9-18-10-11-21(24(28)12-18)25(29,30)32-19-13-22(26)20(15-31)23(27)14-19/h10-14,16-17H,2-9H2,1H3/t16-,17-. The van der Waals surface area contributed by atoms with E-state index in [9.17, 15) is 22.0 Å². The van der Waals surface area contributed by atoms with E-state index in [4.69, 9.17) is 5.26 Å². The van der Waals surface area contributed by atoms with Crippen LogP contribution in [0.3, 0.4) is 0 Å². The van der Waals surface area contributed by atoms with Crippen molar-refractivity contribution in [1.29, 1.82) is 5.26 Å². The molecule has 0 saturated heterocycles. The van der Waals surface area contributed by atoms with Crippen molar-refractivity contribution in [3.63, 3.8) is 0 Å². The average molecular weight is 451 g/mol. The molecule has 2 aromatic carbocycles. The zero-order valence-electron chi connectivity index (χ0n) is 17.9. The van der Waals surface area contributed by atoms with Gasteiger partial charge >= 0.3 is 6.11 Å². The van der Waals surface area contributed by atoms with E-state index in [1.165, 1.54) is 37.8 Å². The summed E-state index contributed by atoms with van der Waals surface area (Å²) in [6.45, 7) is 2.19. The first-order chi connectivity index (χ1) is 15.2. The highest BCUT2D eigenvalue weighted by atomic mass is 19.3. The van der Waals surface area contributed by atoms with Crippen LogP contribution in [0.4, 0.5) is 22.0 Å². The highest BCUT2D eigenvalue weighted by molar-refractivity contribution is 5.38. The molecule has 1 fully saturated rings. The van der Waals surface area contributed by atoms with E-state index < -0.39 is 40.4 Å². The number of benzene rings is 2. The third-order valence-corrected chi connectivity index (χ3v) is 6.23.